The number of benzene rings is 2. The van der Waals surface area contributed by atoms with E-state index in [9.17, 15) is 9.59 Å². The summed E-state index contributed by atoms with van der Waals surface area (Å²) >= 11 is 0. The lowest BCUT2D eigenvalue weighted by molar-refractivity contribution is 0.0945. The molecule has 1 aromatic heterocycles. The van der Waals surface area contributed by atoms with Crippen LogP contribution in [0, 0.1) is 0 Å². The summed E-state index contributed by atoms with van der Waals surface area (Å²) in [6, 6.07) is 17.5. The van der Waals surface area contributed by atoms with Gasteiger partial charge in [-0.15, -0.1) is 0 Å². The van der Waals surface area contributed by atoms with E-state index in [2.05, 4.69) is 39.4 Å². The predicted molar refractivity (Wildman–Crippen MR) is 141 cm³/mol. The number of rotatable bonds is 8. The highest BCUT2D eigenvalue weighted by Crippen LogP contribution is 2.24. The normalized spacial score (nSPS) is 13.4. The molecule has 0 fully saturated rings. The maximum atomic E-state index is 13.4. The molecule has 8 nitrogen and oxygen atoms in total. The molecule has 1 aliphatic rings. The van der Waals surface area contributed by atoms with Crippen molar-refractivity contribution >= 4 is 11.6 Å². The van der Waals surface area contributed by atoms with Crippen molar-refractivity contribution in [2.24, 2.45) is 0 Å². The molecule has 2 heterocycles. The number of amides is 1. The Labute approximate surface area is 212 Å². The Morgan fingerprint density at radius 1 is 0.972 bits per heavy atom. The average Bonchev–Trinajstić information content (AvgIpc) is 3.10. The molecule has 8 heteroatoms. The van der Waals surface area contributed by atoms with Crippen LogP contribution < -0.4 is 25.2 Å². The number of anilines is 1. The molecule has 0 radical (unpaired) electrons. The maximum absolute atomic E-state index is 13.4. The van der Waals surface area contributed by atoms with Gasteiger partial charge in [0.05, 0.1) is 14.2 Å². The number of nitrogens with zero attached hydrogens (tertiary/aromatic N) is 3. The first-order chi connectivity index (χ1) is 17.4. The fraction of sp³-hybridized carbons (Fsp3) is 0.357. The molecule has 0 unspecified atom stereocenters. The summed E-state index contributed by atoms with van der Waals surface area (Å²) in [6.45, 7) is 3.10. The van der Waals surface area contributed by atoms with Crippen LogP contribution in [-0.4, -0.2) is 56.8 Å². The molecule has 0 aliphatic carbocycles. The summed E-state index contributed by atoms with van der Waals surface area (Å²) < 4.78 is 12.5. The SMILES string of the molecule is COc1cccc(CNC(=O)c2c(OC)cc(=O)n3c2CCN(Cc2ccc(N(C)C)cc2)CC3)c1. The highest BCUT2D eigenvalue weighted by molar-refractivity contribution is 5.98. The first-order valence-electron chi connectivity index (χ1n) is 12.1. The molecule has 2 aromatic carbocycles. The molecule has 3 aromatic rings. The van der Waals surface area contributed by atoms with Gasteiger partial charge in [0.25, 0.3) is 11.5 Å². The van der Waals surface area contributed by atoms with Crippen LogP contribution in [0.15, 0.2) is 59.4 Å². The van der Waals surface area contributed by atoms with Gasteiger partial charge in [0.15, 0.2) is 0 Å². The van der Waals surface area contributed by atoms with Gasteiger partial charge < -0.3 is 24.3 Å². The Morgan fingerprint density at radius 3 is 2.44 bits per heavy atom. The number of methoxy groups -OCH3 is 2. The number of aromatic nitrogens is 1. The van der Waals surface area contributed by atoms with E-state index in [0.29, 0.717) is 36.5 Å². The Morgan fingerprint density at radius 2 is 1.75 bits per heavy atom. The lowest BCUT2D eigenvalue weighted by Crippen LogP contribution is -2.31. The largest absolute Gasteiger partial charge is 0.497 e. The second-order valence-corrected chi connectivity index (χ2v) is 9.15. The van der Waals surface area contributed by atoms with Crippen molar-refractivity contribution in [1.29, 1.82) is 0 Å². The smallest absolute Gasteiger partial charge is 0.257 e. The summed E-state index contributed by atoms with van der Waals surface area (Å²) in [6.07, 6.45) is 0.574. The van der Waals surface area contributed by atoms with Gasteiger partial charge in [-0.05, 0) is 35.4 Å². The molecule has 0 saturated heterocycles. The number of hydrogen-bond acceptors (Lipinski definition) is 6. The minimum atomic E-state index is -0.258. The molecular formula is C28H34N4O4. The van der Waals surface area contributed by atoms with Crippen molar-refractivity contribution < 1.29 is 14.3 Å². The van der Waals surface area contributed by atoms with Crippen LogP contribution >= 0.6 is 0 Å². The van der Waals surface area contributed by atoms with Crippen LogP contribution in [-0.2, 0) is 26.1 Å². The number of fused-ring (bicyclic) bond motifs is 1. The summed E-state index contributed by atoms with van der Waals surface area (Å²) in [5.41, 5.74) is 4.29. The topological polar surface area (TPSA) is 76.0 Å². The second-order valence-electron chi connectivity index (χ2n) is 9.15. The highest BCUT2D eigenvalue weighted by Gasteiger charge is 2.25. The third-order valence-corrected chi connectivity index (χ3v) is 6.58. The van der Waals surface area contributed by atoms with Crippen molar-refractivity contribution in [3.63, 3.8) is 0 Å². The Bertz CT molecular complexity index is 1270. The minimum Gasteiger partial charge on any atom is -0.497 e. The molecule has 1 aliphatic heterocycles. The van der Waals surface area contributed by atoms with Crippen LogP contribution in [0.4, 0.5) is 5.69 Å². The first-order valence-corrected chi connectivity index (χ1v) is 12.1. The number of hydrogen-bond donors (Lipinski definition) is 1. The van der Waals surface area contributed by atoms with Crippen LogP contribution in [0.1, 0.15) is 27.2 Å². The summed E-state index contributed by atoms with van der Waals surface area (Å²) in [5, 5.41) is 2.99. The van der Waals surface area contributed by atoms with Crippen LogP contribution in [0.5, 0.6) is 11.5 Å². The quantitative estimate of drug-likeness (QED) is 0.523. The van der Waals surface area contributed by atoms with E-state index in [1.807, 2.05) is 38.4 Å². The number of carbonyl (C=O) groups excluding carboxylic acids is 1. The molecule has 0 bridgehead atoms. The Balaban J connectivity index is 1.53. The summed E-state index contributed by atoms with van der Waals surface area (Å²) in [5.74, 6) is 0.782. The van der Waals surface area contributed by atoms with E-state index in [0.717, 1.165) is 36.6 Å². The molecular weight excluding hydrogens is 456 g/mol. The molecule has 0 atom stereocenters. The Hall–Kier alpha value is -3.78. The number of carbonyl (C=O) groups is 1. The first kappa shape index (κ1) is 25.3. The van der Waals surface area contributed by atoms with Gasteiger partial charge in [0.2, 0.25) is 0 Å². The zero-order chi connectivity index (χ0) is 25.7. The fourth-order valence-electron chi connectivity index (χ4n) is 4.57. The summed E-state index contributed by atoms with van der Waals surface area (Å²) in [4.78, 5) is 30.7. The lowest BCUT2D eigenvalue weighted by Gasteiger charge is -2.20. The van der Waals surface area contributed by atoms with E-state index >= 15 is 0 Å². The maximum Gasteiger partial charge on any atom is 0.257 e. The van der Waals surface area contributed by atoms with E-state index in [1.165, 1.54) is 18.7 Å². The van der Waals surface area contributed by atoms with Crippen molar-refractivity contribution in [2.45, 2.75) is 26.1 Å². The van der Waals surface area contributed by atoms with Crippen molar-refractivity contribution in [3.05, 3.63) is 87.3 Å². The van der Waals surface area contributed by atoms with Crippen LogP contribution in [0.2, 0.25) is 0 Å². The van der Waals surface area contributed by atoms with Crippen LogP contribution in [0.25, 0.3) is 0 Å². The molecule has 190 valence electrons. The summed E-state index contributed by atoms with van der Waals surface area (Å²) in [7, 11) is 7.15. The van der Waals surface area contributed by atoms with Gasteiger partial charge >= 0.3 is 0 Å². The third-order valence-electron chi connectivity index (χ3n) is 6.58. The molecule has 4 rings (SSSR count). The van der Waals surface area contributed by atoms with Crippen molar-refractivity contribution in [3.8, 4) is 11.5 Å². The number of nitrogens with one attached hydrogen (secondary N) is 1. The molecule has 1 N–H and O–H groups in total. The van der Waals surface area contributed by atoms with E-state index < -0.39 is 0 Å². The van der Waals surface area contributed by atoms with Crippen molar-refractivity contribution in [2.75, 3.05) is 46.3 Å². The zero-order valence-corrected chi connectivity index (χ0v) is 21.4. The zero-order valence-electron chi connectivity index (χ0n) is 21.4. The minimum absolute atomic E-state index is 0.150. The van der Waals surface area contributed by atoms with Gasteiger partial charge in [-0.3, -0.25) is 14.5 Å². The molecule has 0 spiro atoms. The molecule has 36 heavy (non-hydrogen) atoms. The molecule has 1 amide bonds. The van der Waals surface area contributed by atoms with E-state index in [1.54, 1.807) is 11.7 Å². The average molecular weight is 491 g/mol. The van der Waals surface area contributed by atoms with E-state index in [4.69, 9.17) is 9.47 Å². The monoisotopic (exact) mass is 490 g/mol. The van der Waals surface area contributed by atoms with Gasteiger partial charge in [0, 0.05) is 70.7 Å². The predicted octanol–water partition coefficient (Wildman–Crippen LogP) is 2.92. The second kappa shape index (κ2) is 11.3. The lowest BCUT2D eigenvalue weighted by atomic mass is 10.1. The number of ether oxygens (including phenoxy) is 2. The highest BCUT2D eigenvalue weighted by atomic mass is 16.5. The van der Waals surface area contributed by atoms with Crippen molar-refractivity contribution in [1.82, 2.24) is 14.8 Å². The fourth-order valence-corrected chi connectivity index (χ4v) is 4.57. The van der Waals surface area contributed by atoms with Gasteiger partial charge in [-0.2, -0.15) is 0 Å². The van der Waals surface area contributed by atoms with Gasteiger partial charge in [-0.1, -0.05) is 24.3 Å². The standard InChI is InChI=1S/C28H34N4O4/c1-30(2)22-10-8-20(9-11-22)19-31-13-12-24-27(25(36-4)17-26(33)32(24)15-14-31)28(34)29-18-21-6-5-7-23(16-21)35-3/h5-11,16-17H,12-15,18-19H2,1-4H3,(H,29,34). The van der Waals surface area contributed by atoms with Gasteiger partial charge in [-0.25, -0.2) is 0 Å². The number of pyridine rings is 1. The van der Waals surface area contributed by atoms with E-state index in [-0.39, 0.29) is 11.5 Å². The Kier molecular flexibility index (Phi) is 7.95. The van der Waals surface area contributed by atoms with Gasteiger partial charge in [0.1, 0.15) is 17.1 Å². The third kappa shape index (κ3) is 5.71. The van der Waals surface area contributed by atoms with Crippen LogP contribution in [0.3, 0.4) is 0 Å². The molecule has 0 saturated carbocycles.